The summed E-state index contributed by atoms with van der Waals surface area (Å²) in [4.78, 5) is 0. The van der Waals surface area contributed by atoms with Crippen molar-refractivity contribution in [1.29, 1.82) is 0 Å². The Labute approximate surface area is 94.0 Å². The number of aryl methyl sites for hydroxylation is 1. The summed E-state index contributed by atoms with van der Waals surface area (Å²) < 4.78 is 10.1. The van der Waals surface area contributed by atoms with E-state index in [-0.39, 0.29) is 0 Å². The molecule has 0 spiro atoms. The number of aromatic nitrogens is 1. The zero-order valence-corrected chi connectivity index (χ0v) is 9.57. The van der Waals surface area contributed by atoms with Crippen molar-refractivity contribution in [2.24, 2.45) is 0 Å². The Hall–Kier alpha value is -1.97. The lowest BCUT2D eigenvalue weighted by molar-refractivity contribution is 0.411. The summed E-state index contributed by atoms with van der Waals surface area (Å²) >= 11 is 0. The molecule has 0 saturated heterocycles. The molecule has 0 atom stereocenters. The summed E-state index contributed by atoms with van der Waals surface area (Å²) in [6.07, 6.45) is 0. The first-order valence-electron chi connectivity index (χ1n) is 5.00. The molecule has 84 valence electrons. The van der Waals surface area contributed by atoms with E-state index in [9.17, 15) is 0 Å². The van der Waals surface area contributed by atoms with Gasteiger partial charge in [0.1, 0.15) is 11.4 Å². The van der Waals surface area contributed by atoms with Crippen LogP contribution in [0.5, 0.6) is 5.75 Å². The molecule has 1 aromatic carbocycles. The first-order valence-corrected chi connectivity index (χ1v) is 5.00. The molecule has 0 fully saturated rings. The predicted octanol–water partition coefficient (Wildman–Crippen LogP) is 2.55. The van der Waals surface area contributed by atoms with Gasteiger partial charge in [0.05, 0.1) is 7.11 Å². The fourth-order valence-corrected chi connectivity index (χ4v) is 1.64. The second kappa shape index (κ2) is 3.89. The van der Waals surface area contributed by atoms with Gasteiger partial charge in [-0.1, -0.05) is 5.16 Å². The molecule has 2 rings (SSSR count). The third-order valence-electron chi connectivity index (χ3n) is 2.63. The van der Waals surface area contributed by atoms with Crippen molar-refractivity contribution in [2.45, 2.75) is 13.8 Å². The summed E-state index contributed by atoms with van der Waals surface area (Å²) in [5, 5.41) is 3.94. The minimum atomic E-state index is 0.364. The maximum Gasteiger partial charge on any atom is 0.225 e. The summed E-state index contributed by atoms with van der Waals surface area (Å²) in [7, 11) is 1.65. The van der Waals surface area contributed by atoms with Crippen LogP contribution in [0.3, 0.4) is 0 Å². The maximum atomic E-state index is 5.62. The highest BCUT2D eigenvalue weighted by atomic mass is 16.5. The standard InChI is InChI=1S/C12H14N2O2/c1-7-6-9(4-5-10(7)15-3)11-8(2)12(13)16-14-11/h4-6H,13H2,1-3H3. The Bertz CT molecular complexity index is 518. The number of benzene rings is 1. The summed E-state index contributed by atoms with van der Waals surface area (Å²) in [6, 6.07) is 5.86. The predicted molar refractivity (Wildman–Crippen MR) is 62.4 cm³/mol. The molecule has 0 amide bonds. The molecule has 4 heteroatoms. The highest BCUT2D eigenvalue weighted by Gasteiger charge is 2.12. The minimum absolute atomic E-state index is 0.364. The van der Waals surface area contributed by atoms with E-state index in [1.807, 2.05) is 32.0 Å². The van der Waals surface area contributed by atoms with Gasteiger partial charge >= 0.3 is 0 Å². The number of nitrogen functional groups attached to an aromatic ring is 1. The third-order valence-corrected chi connectivity index (χ3v) is 2.63. The van der Waals surface area contributed by atoms with Crippen molar-refractivity contribution < 1.29 is 9.26 Å². The van der Waals surface area contributed by atoms with Crippen LogP contribution in [0.15, 0.2) is 22.7 Å². The van der Waals surface area contributed by atoms with Gasteiger partial charge in [-0.05, 0) is 37.6 Å². The van der Waals surface area contributed by atoms with Crippen LogP contribution in [0.25, 0.3) is 11.3 Å². The van der Waals surface area contributed by atoms with Gasteiger partial charge in [-0.3, -0.25) is 0 Å². The van der Waals surface area contributed by atoms with Crippen LogP contribution in [0.2, 0.25) is 0 Å². The number of anilines is 1. The Morgan fingerprint density at radius 2 is 2.06 bits per heavy atom. The monoisotopic (exact) mass is 218 g/mol. The van der Waals surface area contributed by atoms with Gasteiger partial charge in [-0.15, -0.1) is 0 Å². The highest BCUT2D eigenvalue weighted by Crippen LogP contribution is 2.29. The van der Waals surface area contributed by atoms with E-state index in [0.717, 1.165) is 28.1 Å². The van der Waals surface area contributed by atoms with Crippen molar-refractivity contribution in [3.8, 4) is 17.0 Å². The smallest absolute Gasteiger partial charge is 0.225 e. The van der Waals surface area contributed by atoms with Crippen LogP contribution in [-0.4, -0.2) is 12.3 Å². The molecule has 1 aromatic heterocycles. The molecule has 0 aliphatic carbocycles. The van der Waals surface area contributed by atoms with Gasteiger partial charge in [0.2, 0.25) is 5.88 Å². The van der Waals surface area contributed by atoms with E-state index in [1.54, 1.807) is 7.11 Å². The molecule has 2 N–H and O–H groups in total. The largest absolute Gasteiger partial charge is 0.496 e. The minimum Gasteiger partial charge on any atom is -0.496 e. The summed E-state index contributed by atoms with van der Waals surface area (Å²) in [5.41, 5.74) is 9.30. The highest BCUT2D eigenvalue weighted by molar-refractivity contribution is 5.68. The Morgan fingerprint density at radius 3 is 2.56 bits per heavy atom. The Kier molecular flexibility index (Phi) is 2.56. The second-order valence-corrected chi connectivity index (χ2v) is 3.70. The van der Waals surface area contributed by atoms with Crippen LogP contribution in [0.1, 0.15) is 11.1 Å². The molecular weight excluding hydrogens is 204 g/mol. The van der Waals surface area contributed by atoms with Gasteiger partial charge in [-0.25, -0.2) is 0 Å². The number of methoxy groups -OCH3 is 1. The topological polar surface area (TPSA) is 61.3 Å². The normalized spacial score (nSPS) is 10.4. The molecule has 0 aliphatic rings. The number of hydrogen-bond donors (Lipinski definition) is 1. The fraction of sp³-hybridized carbons (Fsp3) is 0.250. The molecule has 2 aromatic rings. The lowest BCUT2D eigenvalue weighted by Crippen LogP contribution is -1.89. The lowest BCUT2D eigenvalue weighted by atomic mass is 10.1. The quantitative estimate of drug-likeness (QED) is 0.841. The van der Waals surface area contributed by atoms with Gasteiger partial charge in [0, 0.05) is 11.1 Å². The van der Waals surface area contributed by atoms with Crippen LogP contribution < -0.4 is 10.5 Å². The van der Waals surface area contributed by atoms with Crippen molar-refractivity contribution >= 4 is 5.88 Å². The number of nitrogens with two attached hydrogens (primary N) is 1. The Balaban J connectivity index is 2.49. The zero-order valence-electron chi connectivity index (χ0n) is 9.57. The average Bonchev–Trinajstić information content (AvgIpc) is 2.60. The second-order valence-electron chi connectivity index (χ2n) is 3.70. The van der Waals surface area contributed by atoms with E-state index in [2.05, 4.69) is 5.16 Å². The average molecular weight is 218 g/mol. The SMILES string of the molecule is COc1ccc(-c2noc(N)c2C)cc1C. The van der Waals surface area contributed by atoms with E-state index in [0.29, 0.717) is 5.88 Å². The summed E-state index contributed by atoms with van der Waals surface area (Å²) in [5.74, 6) is 1.22. The van der Waals surface area contributed by atoms with Crippen molar-refractivity contribution in [2.75, 3.05) is 12.8 Å². The molecule has 0 bridgehead atoms. The number of nitrogens with zero attached hydrogens (tertiary/aromatic N) is 1. The van der Waals surface area contributed by atoms with Crippen LogP contribution in [0, 0.1) is 13.8 Å². The number of ether oxygens (including phenoxy) is 1. The van der Waals surface area contributed by atoms with Crippen LogP contribution in [0.4, 0.5) is 5.88 Å². The molecular formula is C12H14N2O2. The molecule has 4 nitrogen and oxygen atoms in total. The first-order chi connectivity index (χ1) is 7.63. The van der Waals surface area contributed by atoms with Crippen molar-refractivity contribution in [1.82, 2.24) is 5.16 Å². The molecule has 16 heavy (non-hydrogen) atoms. The molecule has 0 unspecified atom stereocenters. The first kappa shape index (κ1) is 10.5. The van der Waals surface area contributed by atoms with E-state index in [1.165, 1.54) is 0 Å². The zero-order chi connectivity index (χ0) is 11.7. The fourth-order valence-electron chi connectivity index (χ4n) is 1.64. The van der Waals surface area contributed by atoms with Gasteiger partial charge in [0.25, 0.3) is 0 Å². The van der Waals surface area contributed by atoms with E-state index >= 15 is 0 Å². The molecule has 0 saturated carbocycles. The van der Waals surface area contributed by atoms with E-state index < -0.39 is 0 Å². The summed E-state index contributed by atoms with van der Waals surface area (Å²) in [6.45, 7) is 3.88. The lowest BCUT2D eigenvalue weighted by Gasteiger charge is -2.05. The number of rotatable bonds is 2. The van der Waals surface area contributed by atoms with E-state index in [4.69, 9.17) is 15.0 Å². The number of hydrogen-bond acceptors (Lipinski definition) is 4. The van der Waals surface area contributed by atoms with Gasteiger partial charge in [0.15, 0.2) is 0 Å². The van der Waals surface area contributed by atoms with Crippen molar-refractivity contribution in [3.05, 3.63) is 29.3 Å². The molecule has 1 heterocycles. The van der Waals surface area contributed by atoms with Crippen LogP contribution in [-0.2, 0) is 0 Å². The Morgan fingerprint density at radius 1 is 1.31 bits per heavy atom. The molecule has 0 radical (unpaired) electrons. The van der Waals surface area contributed by atoms with Crippen LogP contribution >= 0.6 is 0 Å². The van der Waals surface area contributed by atoms with Crippen molar-refractivity contribution in [3.63, 3.8) is 0 Å². The van der Waals surface area contributed by atoms with Gasteiger partial charge < -0.3 is 15.0 Å². The molecule has 0 aliphatic heterocycles. The maximum absolute atomic E-state index is 5.62. The van der Waals surface area contributed by atoms with Gasteiger partial charge in [-0.2, -0.15) is 0 Å². The third kappa shape index (κ3) is 1.62.